The second kappa shape index (κ2) is 9.37. The largest absolute Gasteiger partial charge is 0.352 e. The smallest absolute Gasteiger partial charge is 0.257 e. The van der Waals surface area contributed by atoms with Crippen LogP contribution in [0.1, 0.15) is 55.8 Å². The van der Waals surface area contributed by atoms with Crippen molar-refractivity contribution in [2.24, 2.45) is 11.7 Å². The maximum Gasteiger partial charge on any atom is 0.257 e. The molecule has 8 heteroatoms. The fraction of sp³-hybridized carbons (Fsp3) is 0.722. The van der Waals surface area contributed by atoms with Crippen molar-refractivity contribution in [3.63, 3.8) is 0 Å². The average Bonchev–Trinajstić information content (AvgIpc) is 3.21. The van der Waals surface area contributed by atoms with Gasteiger partial charge < -0.3 is 16.0 Å². The van der Waals surface area contributed by atoms with E-state index in [4.69, 9.17) is 5.73 Å². The maximum atomic E-state index is 12.7. The van der Waals surface area contributed by atoms with Crippen molar-refractivity contribution in [2.45, 2.75) is 64.1 Å². The van der Waals surface area contributed by atoms with Gasteiger partial charge in [0.25, 0.3) is 5.91 Å². The topological polar surface area (TPSA) is 93.2 Å². The van der Waals surface area contributed by atoms with Crippen molar-refractivity contribution in [3.05, 3.63) is 18.0 Å². The Morgan fingerprint density at radius 1 is 1.31 bits per heavy atom. The first-order chi connectivity index (χ1) is 12.1. The van der Waals surface area contributed by atoms with Crippen LogP contribution in [0.3, 0.4) is 0 Å². The molecule has 2 heterocycles. The van der Waals surface area contributed by atoms with Gasteiger partial charge in [-0.1, -0.05) is 19.3 Å². The van der Waals surface area contributed by atoms with Crippen molar-refractivity contribution in [1.82, 2.24) is 20.0 Å². The van der Waals surface area contributed by atoms with E-state index in [9.17, 15) is 9.59 Å². The van der Waals surface area contributed by atoms with Crippen molar-refractivity contribution < 1.29 is 9.59 Å². The normalized spacial score (nSPS) is 23.5. The SMILES string of the molecule is CC1CC(CN)CN1C(=O)c1cnn(CC(=O)NC2CCCCC2)c1.Cl. The number of nitrogens with zero attached hydrogens (tertiary/aromatic N) is 3. The molecule has 1 aromatic heterocycles. The highest BCUT2D eigenvalue weighted by atomic mass is 35.5. The summed E-state index contributed by atoms with van der Waals surface area (Å²) in [6.45, 7) is 3.51. The molecule has 0 spiro atoms. The summed E-state index contributed by atoms with van der Waals surface area (Å²) in [5.74, 6) is 0.310. The Labute approximate surface area is 161 Å². The summed E-state index contributed by atoms with van der Waals surface area (Å²) in [6, 6.07) is 0.482. The second-order valence-corrected chi connectivity index (χ2v) is 7.47. The van der Waals surface area contributed by atoms with Crippen LogP contribution in [0.2, 0.25) is 0 Å². The molecule has 2 fully saturated rings. The number of likely N-dealkylation sites (tertiary alicyclic amines) is 1. The van der Waals surface area contributed by atoms with E-state index in [-0.39, 0.29) is 42.8 Å². The van der Waals surface area contributed by atoms with Crippen molar-refractivity contribution in [3.8, 4) is 0 Å². The van der Waals surface area contributed by atoms with Gasteiger partial charge in [0.15, 0.2) is 0 Å². The van der Waals surface area contributed by atoms with E-state index in [2.05, 4.69) is 17.3 Å². The number of hydrogen-bond donors (Lipinski definition) is 2. The van der Waals surface area contributed by atoms with Crippen LogP contribution in [0.25, 0.3) is 0 Å². The molecule has 146 valence electrons. The Bertz CT molecular complexity index is 614. The van der Waals surface area contributed by atoms with Crippen LogP contribution in [0.4, 0.5) is 0 Å². The van der Waals surface area contributed by atoms with E-state index in [0.29, 0.717) is 24.6 Å². The molecular weight excluding hydrogens is 354 g/mol. The molecule has 1 aliphatic carbocycles. The first-order valence-electron chi connectivity index (χ1n) is 9.39. The third-order valence-corrected chi connectivity index (χ3v) is 5.41. The molecule has 3 rings (SSSR count). The van der Waals surface area contributed by atoms with E-state index in [0.717, 1.165) is 19.3 Å². The van der Waals surface area contributed by atoms with E-state index in [1.165, 1.54) is 19.3 Å². The number of nitrogens with one attached hydrogen (secondary N) is 1. The van der Waals surface area contributed by atoms with Crippen LogP contribution in [-0.4, -0.2) is 51.7 Å². The number of hydrogen-bond acceptors (Lipinski definition) is 4. The minimum atomic E-state index is -0.0354. The highest BCUT2D eigenvalue weighted by molar-refractivity contribution is 5.94. The first kappa shape index (κ1) is 20.7. The van der Waals surface area contributed by atoms with Crippen LogP contribution in [-0.2, 0) is 11.3 Å². The molecule has 2 amide bonds. The molecule has 0 bridgehead atoms. The number of aromatic nitrogens is 2. The van der Waals surface area contributed by atoms with Crippen LogP contribution < -0.4 is 11.1 Å². The quantitative estimate of drug-likeness (QED) is 0.806. The van der Waals surface area contributed by atoms with Gasteiger partial charge in [0, 0.05) is 24.8 Å². The molecule has 1 saturated carbocycles. The zero-order valence-corrected chi connectivity index (χ0v) is 16.2. The molecule has 7 nitrogen and oxygen atoms in total. The van der Waals surface area contributed by atoms with Gasteiger partial charge in [-0.15, -0.1) is 12.4 Å². The van der Waals surface area contributed by atoms with Crippen molar-refractivity contribution in [2.75, 3.05) is 13.1 Å². The molecule has 2 aliphatic rings. The standard InChI is InChI=1S/C18H29N5O2.ClH/c1-13-7-14(8-19)10-23(13)18(25)15-9-20-22(11-15)12-17(24)21-16-5-3-2-4-6-16;/h9,11,13-14,16H,2-8,10,12,19H2,1H3,(H,21,24);1H. The van der Waals surface area contributed by atoms with Gasteiger partial charge >= 0.3 is 0 Å². The first-order valence-corrected chi connectivity index (χ1v) is 9.39. The second-order valence-electron chi connectivity index (χ2n) is 7.47. The number of amides is 2. The highest BCUT2D eigenvalue weighted by Crippen LogP contribution is 2.24. The van der Waals surface area contributed by atoms with Gasteiger partial charge in [-0.2, -0.15) is 5.10 Å². The number of carbonyl (C=O) groups is 2. The lowest BCUT2D eigenvalue weighted by Gasteiger charge is -2.22. The number of halogens is 1. The summed E-state index contributed by atoms with van der Waals surface area (Å²) in [5.41, 5.74) is 6.27. The van der Waals surface area contributed by atoms with E-state index in [1.807, 2.05) is 4.90 Å². The van der Waals surface area contributed by atoms with Crippen LogP contribution in [0.5, 0.6) is 0 Å². The van der Waals surface area contributed by atoms with Crippen LogP contribution in [0.15, 0.2) is 12.4 Å². The summed E-state index contributed by atoms with van der Waals surface area (Å²) in [7, 11) is 0. The Hall–Kier alpha value is -1.60. The van der Waals surface area contributed by atoms with Gasteiger partial charge in [0.2, 0.25) is 5.91 Å². The van der Waals surface area contributed by atoms with Crippen molar-refractivity contribution in [1.29, 1.82) is 0 Å². The number of carbonyl (C=O) groups excluding carboxylic acids is 2. The molecule has 26 heavy (non-hydrogen) atoms. The minimum Gasteiger partial charge on any atom is -0.352 e. The van der Waals surface area contributed by atoms with Gasteiger partial charge in [-0.3, -0.25) is 14.3 Å². The third-order valence-electron chi connectivity index (χ3n) is 5.41. The lowest BCUT2D eigenvalue weighted by Crippen LogP contribution is -2.38. The number of rotatable bonds is 5. The van der Waals surface area contributed by atoms with Crippen LogP contribution >= 0.6 is 12.4 Å². The summed E-state index contributed by atoms with van der Waals surface area (Å²) in [6.07, 6.45) is 9.92. The lowest BCUT2D eigenvalue weighted by molar-refractivity contribution is -0.122. The zero-order valence-electron chi connectivity index (χ0n) is 15.4. The molecule has 1 saturated heterocycles. The minimum absolute atomic E-state index is 0. The highest BCUT2D eigenvalue weighted by Gasteiger charge is 2.32. The zero-order chi connectivity index (χ0) is 17.8. The monoisotopic (exact) mass is 383 g/mol. The Morgan fingerprint density at radius 3 is 2.69 bits per heavy atom. The molecule has 0 radical (unpaired) electrons. The number of nitrogens with two attached hydrogens (primary N) is 1. The maximum absolute atomic E-state index is 12.7. The fourth-order valence-corrected chi connectivity index (χ4v) is 3.99. The van der Waals surface area contributed by atoms with E-state index >= 15 is 0 Å². The Kier molecular flexibility index (Phi) is 7.46. The molecule has 1 aliphatic heterocycles. The molecular formula is C18H30ClN5O2. The van der Waals surface area contributed by atoms with Crippen LogP contribution in [0, 0.1) is 5.92 Å². The Morgan fingerprint density at radius 2 is 2.04 bits per heavy atom. The van der Waals surface area contributed by atoms with Gasteiger partial charge in [-0.05, 0) is 38.6 Å². The van der Waals surface area contributed by atoms with Gasteiger partial charge in [-0.25, -0.2) is 0 Å². The molecule has 0 aromatic carbocycles. The summed E-state index contributed by atoms with van der Waals surface area (Å²) in [4.78, 5) is 26.7. The third kappa shape index (κ3) is 4.98. The summed E-state index contributed by atoms with van der Waals surface area (Å²) >= 11 is 0. The van der Waals surface area contributed by atoms with Gasteiger partial charge in [0.05, 0.1) is 11.8 Å². The van der Waals surface area contributed by atoms with E-state index < -0.39 is 0 Å². The van der Waals surface area contributed by atoms with Gasteiger partial charge in [0.1, 0.15) is 6.54 Å². The molecule has 1 aromatic rings. The summed E-state index contributed by atoms with van der Waals surface area (Å²) < 4.78 is 1.55. The van der Waals surface area contributed by atoms with Crippen molar-refractivity contribution >= 4 is 24.2 Å². The average molecular weight is 384 g/mol. The fourth-order valence-electron chi connectivity index (χ4n) is 3.99. The molecule has 2 unspecified atom stereocenters. The van der Waals surface area contributed by atoms with E-state index in [1.54, 1.807) is 17.1 Å². The summed E-state index contributed by atoms with van der Waals surface area (Å²) in [5, 5.41) is 7.26. The molecule has 2 atom stereocenters. The predicted molar refractivity (Wildman–Crippen MR) is 102 cm³/mol. The molecule has 3 N–H and O–H groups in total. The predicted octanol–water partition coefficient (Wildman–Crippen LogP) is 1.56. The lowest BCUT2D eigenvalue weighted by atomic mass is 9.95. The Balaban J connectivity index is 0.00000243.